The fraction of sp³-hybridized carbons (Fsp3) is 0.294. The predicted octanol–water partition coefficient (Wildman–Crippen LogP) is 2.95. The molecule has 0 atom stereocenters. The number of piperazine rings is 1. The molecule has 0 saturated carbocycles. The Morgan fingerprint density at radius 1 is 1.17 bits per heavy atom. The minimum Gasteiger partial charge on any atom is -0.352 e. The summed E-state index contributed by atoms with van der Waals surface area (Å²) >= 11 is 3.24. The molecule has 0 radical (unpaired) electrons. The van der Waals surface area contributed by atoms with Crippen LogP contribution >= 0.6 is 15.9 Å². The van der Waals surface area contributed by atoms with Crippen LogP contribution in [0.5, 0.6) is 0 Å². The van der Waals surface area contributed by atoms with Crippen LogP contribution < -0.4 is 4.90 Å². The van der Waals surface area contributed by atoms with Gasteiger partial charge < -0.3 is 9.30 Å². The lowest BCUT2D eigenvalue weighted by molar-refractivity contribution is 0.246. The van der Waals surface area contributed by atoms with Crippen molar-refractivity contribution in [2.45, 2.75) is 6.54 Å². The van der Waals surface area contributed by atoms with E-state index in [-0.39, 0.29) is 5.82 Å². The van der Waals surface area contributed by atoms with Crippen LogP contribution in [0.1, 0.15) is 5.69 Å². The molecule has 0 N–H and O–H groups in total. The monoisotopic (exact) mass is 389 g/mol. The van der Waals surface area contributed by atoms with Gasteiger partial charge in [0.2, 0.25) is 0 Å². The lowest BCUT2D eigenvalue weighted by Gasteiger charge is -2.35. The molecule has 0 bridgehead atoms. The molecular weight excluding hydrogens is 373 g/mol. The highest BCUT2D eigenvalue weighted by molar-refractivity contribution is 9.10. The van der Waals surface area contributed by atoms with Gasteiger partial charge in [0.05, 0.1) is 5.69 Å². The van der Waals surface area contributed by atoms with Crippen LogP contribution in [0.2, 0.25) is 0 Å². The summed E-state index contributed by atoms with van der Waals surface area (Å²) in [5, 5.41) is 0. The van der Waals surface area contributed by atoms with Crippen molar-refractivity contribution in [2.75, 3.05) is 31.1 Å². The number of halogens is 2. The third-order valence-corrected chi connectivity index (χ3v) is 4.69. The fourth-order valence-corrected chi connectivity index (χ4v) is 3.35. The van der Waals surface area contributed by atoms with Gasteiger partial charge in [-0.2, -0.15) is 0 Å². The van der Waals surface area contributed by atoms with Gasteiger partial charge in [0.15, 0.2) is 11.6 Å². The molecule has 0 amide bonds. The second kappa shape index (κ2) is 6.49. The zero-order valence-electron chi connectivity index (χ0n) is 13.1. The number of hydrogen-bond acceptors (Lipinski definition) is 4. The number of pyridine rings is 2. The summed E-state index contributed by atoms with van der Waals surface area (Å²) in [5.74, 6) is 0.156. The minimum atomic E-state index is -0.279. The van der Waals surface area contributed by atoms with Crippen LogP contribution in [-0.2, 0) is 6.54 Å². The Morgan fingerprint density at radius 3 is 2.75 bits per heavy atom. The highest BCUT2D eigenvalue weighted by atomic mass is 79.9. The van der Waals surface area contributed by atoms with E-state index in [9.17, 15) is 4.39 Å². The van der Waals surface area contributed by atoms with Crippen LogP contribution in [0.3, 0.4) is 0 Å². The second-order valence-corrected chi connectivity index (χ2v) is 6.84. The summed E-state index contributed by atoms with van der Waals surface area (Å²) in [5.41, 5.74) is 2.02. The Kier molecular flexibility index (Phi) is 4.20. The highest BCUT2D eigenvalue weighted by Gasteiger charge is 2.21. The van der Waals surface area contributed by atoms with E-state index < -0.39 is 0 Å². The van der Waals surface area contributed by atoms with Gasteiger partial charge in [-0.15, -0.1) is 0 Å². The van der Waals surface area contributed by atoms with Crippen molar-refractivity contribution in [3.05, 3.63) is 58.8 Å². The van der Waals surface area contributed by atoms with E-state index >= 15 is 0 Å². The summed E-state index contributed by atoms with van der Waals surface area (Å²) < 4.78 is 16.7. The normalized spacial score (nSPS) is 16.0. The topological polar surface area (TPSA) is 36.7 Å². The van der Waals surface area contributed by atoms with Gasteiger partial charge in [-0.3, -0.25) is 4.90 Å². The first-order chi connectivity index (χ1) is 11.7. The predicted molar refractivity (Wildman–Crippen MR) is 94.6 cm³/mol. The van der Waals surface area contributed by atoms with Gasteiger partial charge >= 0.3 is 0 Å². The smallest absolute Gasteiger partial charge is 0.166 e. The van der Waals surface area contributed by atoms with Crippen molar-refractivity contribution in [1.82, 2.24) is 19.3 Å². The molecule has 1 fully saturated rings. The van der Waals surface area contributed by atoms with E-state index in [1.807, 2.05) is 33.7 Å². The van der Waals surface area contributed by atoms with Gasteiger partial charge in [-0.05, 0) is 34.1 Å². The number of nitrogens with zero attached hydrogens (tertiary/aromatic N) is 5. The Balaban J connectivity index is 1.40. The largest absolute Gasteiger partial charge is 0.352 e. The number of imidazole rings is 1. The van der Waals surface area contributed by atoms with Crippen molar-refractivity contribution < 1.29 is 4.39 Å². The molecule has 0 aliphatic carbocycles. The summed E-state index contributed by atoms with van der Waals surface area (Å²) in [4.78, 5) is 13.2. The molecule has 3 aromatic heterocycles. The highest BCUT2D eigenvalue weighted by Crippen LogP contribution is 2.21. The quantitative estimate of drug-likeness (QED) is 0.689. The van der Waals surface area contributed by atoms with E-state index in [0.29, 0.717) is 10.3 Å². The Morgan fingerprint density at radius 2 is 2.00 bits per heavy atom. The third-order valence-electron chi connectivity index (χ3n) is 4.26. The van der Waals surface area contributed by atoms with Gasteiger partial charge in [0.1, 0.15) is 5.65 Å². The van der Waals surface area contributed by atoms with Crippen LogP contribution in [0, 0.1) is 5.82 Å². The van der Waals surface area contributed by atoms with E-state index in [1.165, 1.54) is 6.07 Å². The lowest BCUT2D eigenvalue weighted by Crippen LogP contribution is -2.46. The SMILES string of the molecule is Fc1cc(Br)cnc1N1CCN(Cc2cn3ccccc3n2)CC1. The molecule has 4 heterocycles. The first kappa shape index (κ1) is 15.5. The average Bonchev–Trinajstić information content (AvgIpc) is 2.98. The molecule has 7 heteroatoms. The van der Waals surface area contributed by atoms with Crippen LogP contribution in [-0.4, -0.2) is 45.4 Å². The molecule has 0 aromatic carbocycles. The van der Waals surface area contributed by atoms with Crippen molar-refractivity contribution in [3.8, 4) is 0 Å². The first-order valence-corrected chi connectivity index (χ1v) is 8.69. The van der Waals surface area contributed by atoms with Crippen molar-refractivity contribution >= 4 is 27.4 Å². The summed E-state index contributed by atoms with van der Waals surface area (Å²) in [6, 6.07) is 7.45. The molecule has 1 aliphatic heterocycles. The number of aromatic nitrogens is 3. The number of anilines is 1. The van der Waals surface area contributed by atoms with Crippen LogP contribution in [0.25, 0.3) is 5.65 Å². The zero-order chi connectivity index (χ0) is 16.5. The number of rotatable bonds is 3. The maximum Gasteiger partial charge on any atom is 0.166 e. The summed E-state index contributed by atoms with van der Waals surface area (Å²) in [6.45, 7) is 4.07. The standard InChI is InChI=1S/C17H17BrFN5/c18-13-9-15(19)17(20-10-13)23-7-5-22(6-8-23)11-14-12-24-4-2-1-3-16(24)21-14/h1-4,9-10,12H,5-8,11H2. The molecule has 3 aromatic rings. The molecule has 1 aliphatic rings. The third kappa shape index (κ3) is 3.14. The van der Waals surface area contributed by atoms with E-state index in [0.717, 1.165) is 44.1 Å². The molecular formula is C17H17BrFN5. The molecule has 0 unspecified atom stereocenters. The first-order valence-electron chi connectivity index (χ1n) is 7.90. The van der Waals surface area contributed by atoms with E-state index in [2.05, 4.69) is 37.0 Å². The maximum atomic E-state index is 14.0. The Labute approximate surface area is 147 Å². The van der Waals surface area contributed by atoms with Gasteiger partial charge in [-0.25, -0.2) is 14.4 Å². The fourth-order valence-electron chi connectivity index (χ4n) is 3.05. The van der Waals surface area contributed by atoms with Gasteiger partial charge in [0.25, 0.3) is 0 Å². The van der Waals surface area contributed by atoms with Crippen molar-refractivity contribution in [2.24, 2.45) is 0 Å². The van der Waals surface area contributed by atoms with Crippen molar-refractivity contribution in [3.63, 3.8) is 0 Å². The number of fused-ring (bicyclic) bond motifs is 1. The zero-order valence-corrected chi connectivity index (χ0v) is 14.7. The molecule has 1 saturated heterocycles. The molecule has 0 spiro atoms. The Hall–Kier alpha value is -1.99. The lowest BCUT2D eigenvalue weighted by atomic mass is 10.3. The second-order valence-electron chi connectivity index (χ2n) is 5.92. The molecule has 124 valence electrons. The molecule has 5 nitrogen and oxygen atoms in total. The summed E-state index contributed by atoms with van der Waals surface area (Å²) in [6.07, 6.45) is 5.71. The van der Waals surface area contributed by atoms with Gasteiger partial charge in [-0.1, -0.05) is 6.07 Å². The average molecular weight is 390 g/mol. The maximum absolute atomic E-state index is 14.0. The summed E-state index contributed by atoms with van der Waals surface area (Å²) in [7, 11) is 0. The molecule has 24 heavy (non-hydrogen) atoms. The Bertz CT molecular complexity index is 824. The minimum absolute atomic E-state index is 0.279. The van der Waals surface area contributed by atoms with Crippen LogP contribution in [0.4, 0.5) is 10.2 Å². The van der Waals surface area contributed by atoms with Crippen LogP contribution in [0.15, 0.2) is 47.3 Å². The van der Waals surface area contributed by atoms with E-state index in [1.54, 1.807) is 6.20 Å². The van der Waals surface area contributed by atoms with E-state index in [4.69, 9.17) is 0 Å². The van der Waals surface area contributed by atoms with Crippen molar-refractivity contribution in [1.29, 1.82) is 0 Å². The molecule has 4 rings (SSSR count). The number of hydrogen-bond donors (Lipinski definition) is 0. The van der Waals surface area contributed by atoms with Gasteiger partial charge in [0, 0.05) is 55.8 Å².